The smallest absolute Gasteiger partial charge is 0.266 e. The number of rotatable bonds is 7. The van der Waals surface area contributed by atoms with Crippen molar-refractivity contribution in [1.82, 2.24) is 14.7 Å². The van der Waals surface area contributed by atoms with E-state index in [0.29, 0.717) is 22.4 Å². The van der Waals surface area contributed by atoms with Crippen LogP contribution < -0.4 is 4.74 Å². The molecule has 7 heteroatoms. The zero-order valence-corrected chi connectivity index (χ0v) is 21.7. The highest BCUT2D eigenvalue weighted by atomic mass is 32.2. The summed E-state index contributed by atoms with van der Waals surface area (Å²) in [6, 6.07) is 26.1. The van der Waals surface area contributed by atoms with Crippen molar-refractivity contribution in [1.29, 1.82) is 0 Å². The van der Waals surface area contributed by atoms with Crippen LogP contribution in [0.15, 0.2) is 90.0 Å². The van der Waals surface area contributed by atoms with Crippen molar-refractivity contribution in [2.24, 2.45) is 0 Å². The molecule has 1 saturated heterocycles. The molecule has 0 atom stereocenters. The first kappa shape index (κ1) is 24.0. The molecule has 0 aliphatic carbocycles. The standard InChI is InChI=1S/C29H25N3O2S2/c1-3-31-28(33)26(36-29(31)35)17-23-18-32(24-7-5-4-6-8-24)30-27(23)22-13-15-25(16-14-22)34-19-21-11-9-20(2)10-12-21/h4-18H,3,19H2,1-2H3/b26-17-. The number of aromatic nitrogens is 2. The van der Waals surface area contributed by atoms with Crippen LogP contribution in [0.3, 0.4) is 0 Å². The number of amides is 1. The minimum absolute atomic E-state index is 0.0641. The first-order chi connectivity index (χ1) is 17.5. The van der Waals surface area contributed by atoms with Crippen molar-refractivity contribution < 1.29 is 9.53 Å². The molecular weight excluding hydrogens is 486 g/mol. The summed E-state index contributed by atoms with van der Waals surface area (Å²) < 4.78 is 8.40. The number of likely N-dealkylation sites (N-methyl/N-ethyl adjacent to an activating group) is 1. The summed E-state index contributed by atoms with van der Waals surface area (Å²) >= 11 is 6.72. The Morgan fingerprint density at radius 2 is 1.72 bits per heavy atom. The van der Waals surface area contributed by atoms with Gasteiger partial charge in [-0.3, -0.25) is 9.69 Å². The maximum atomic E-state index is 12.8. The fourth-order valence-electron chi connectivity index (χ4n) is 3.90. The quantitative estimate of drug-likeness (QED) is 0.205. The lowest BCUT2D eigenvalue weighted by atomic mass is 10.1. The van der Waals surface area contributed by atoms with Crippen molar-refractivity contribution in [2.75, 3.05) is 6.54 Å². The molecule has 0 unspecified atom stereocenters. The number of hydrogen-bond acceptors (Lipinski definition) is 5. The monoisotopic (exact) mass is 511 g/mol. The van der Waals surface area contributed by atoms with Crippen LogP contribution in [0.25, 0.3) is 23.0 Å². The van der Waals surface area contributed by atoms with E-state index in [2.05, 4.69) is 31.2 Å². The Labute approximate surface area is 220 Å². The number of carbonyl (C=O) groups is 1. The van der Waals surface area contributed by atoms with Gasteiger partial charge in [0, 0.05) is 23.9 Å². The summed E-state index contributed by atoms with van der Waals surface area (Å²) in [5.74, 6) is 0.720. The molecule has 0 saturated carbocycles. The minimum atomic E-state index is -0.0641. The number of nitrogens with zero attached hydrogens (tertiary/aromatic N) is 3. The van der Waals surface area contributed by atoms with Crippen molar-refractivity contribution in [3.05, 3.63) is 107 Å². The predicted molar refractivity (Wildman–Crippen MR) is 150 cm³/mol. The Morgan fingerprint density at radius 1 is 1.00 bits per heavy atom. The first-order valence-corrected chi connectivity index (χ1v) is 12.9. The molecule has 1 aliphatic rings. The number of carbonyl (C=O) groups excluding carboxylic acids is 1. The molecule has 4 aromatic rings. The topological polar surface area (TPSA) is 47.4 Å². The zero-order valence-electron chi connectivity index (χ0n) is 20.0. The van der Waals surface area contributed by atoms with E-state index in [1.807, 2.05) is 78.5 Å². The molecule has 36 heavy (non-hydrogen) atoms. The van der Waals surface area contributed by atoms with Crippen LogP contribution in [0.5, 0.6) is 5.75 Å². The summed E-state index contributed by atoms with van der Waals surface area (Å²) in [4.78, 5) is 15.1. The lowest BCUT2D eigenvalue weighted by Gasteiger charge is -2.09. The fraction of sp³-hybridized carbons (Fsp3) is 0.138. The Kier molecular flexibility index (Phi) is 7.02. The van der Waals surface area contributed by atoms with Crippen LogP contribution in [0.2, 0.25) is 0 Å². The Balaban J connectivity index is 1.45. The third kappa shape index (κ3) is 5.12. The van der Waals surface area contributed by atoms with Crippen molar-refractivity contribution in [3.63, 3.8) is 0 Å². The van der Waals surface area contributed by atoms with Crippen LogP contribution >= 0.6 is 24.0 Å². The third-order valence-electron chi connectivity index (χ3n) is 5.89. The second-order valence-corrected chi connectivity index (χ2v) is 10.1. The van der Waals surface area contributed by atoms with Gasteiger partial charge in [0.2, 0.25) is 0 Å². The van der Waals surface area contributed by atoms with E-state index in [9.17, 15) is 4.79 Å². The lowest BCUT2D eigenvalue weighted by Crippen LogP contribution is -2.27. The van der Waals surface area contributed by atoms with Crippen LogP contribution in [-0.4, -0.2) is 31.5 Å². The molecule has 2 heterocycles. The number of benzene rings is 3. The van der Waals surface area contributed by atoms with Gasteiger partial charge in [0.05, 0.1) is 16.3 Å². The number of thiocarbonyl (C=S) groups is 1. The number of ether oxygens (including phenoxy) is 1. The predicted octanol–water partition coefficient (Wildman–Crippen LogP) is 6.65. The highest BCUT2D eigenvalue weighted by Crippen LogP contribution is 2.35. The largest absolute Gasteiger partial charge is 0.489 e. The Morgan fingerprint density at radius 3 is 2.39 bits per heavy atom. The number of thioether (sulfide) groups is 1. The van der Waals surface area contributed by atoms with E-state index in [4.69, 9.17) is 22.1 Å². The molecular formula is C29H25N3O2S2. The minimum Gasteiger partial charge on any atom is -0.489 e. The second-order valence-electron chi connectivity index (χ2n) is 8.44. The summed E-state index contributed by atoms with van der Waals surface area (Å²) in [5, 5.41) is 4.87. The van der Waals surface area contributed by atoms with E-state index in [0.717, 1.165) is 33.8 Å². The molecule has 1 amide bonds. The molecule has 5 rings (SSSR count). The van der Waals surface area contributed by atoms with E-state index in [1.54, 1.807) is 4.90 Å². The van der Waals surface area contributed by atoms with Crippen LogP contribution in [-0.2, 0) is 11.4 Å². The average molecular weight is 512 g/mol. The van der Waals surface area contributed by atoms with Gasteiger partial charge in [-0.15, -0.1) is 0 Å². The SMILES string of the molecule is CCN1C(=O)/C(=C/c2cn(-c3ccccc3)nc2-c2ccc(OCc3ccc(C)cc3)cc2)SC1=S. The fourth-order valence-corrected chi connectivity index (χ4v) is 5.28. The maximum Gasteiger partial charge on any atom is 0.266 e. The Hall–Kier alpha value is -3.68. The zero-order chi connectivity index (χ0) is 25.1. The van der Waals surface area contributed by atoms with Gasteiger partial charge < -0.3 is 4.74 Å². The summed E-state index contributed by atoms with van der Waals surface area (Å²) in [6.07, 6.45) is 3.84. The molecule has 1 fully saturated rings. The van der Waals surface area contributed by atoms with Crippen molar-refractivity contribution in [2.45, 2.75) is 20.5 Å². The molecule has 0 bridgehead atoms. The van der Waals surface area contributed by atoms with Gasteiger partial charge in [-0.25, -0.2) is 4.68 Å². The van der Waals surface area contributed by atoms with Crippen LogP contribution in [0.4, 0.5) is 0 Å². The summed E-state index contributed by atoms with van der Waals surface area (Å²) in [6.45, 7) is 5.06. The van der Waals surface area contributed by atoms with Gasteiger partial charge in [-0.1, -0.05) is 72.0 Å². The highest BCUT2D eigenvalue weighted by molar-refractivity contribution is 8.26. The van der Waals surface area contributed by atoms with Gasteiger partial charge in [-0.2, -0.15) is 5.10 Å². The number of hydrogen-bond donors (Lipinski definition) is 0. The Bertz CT molecular complexity index is 1430. The van der Waals surface area contributed by atoms with Crippen molar-refractivity contribution >= 4 is 40.3 Å². The van der Waals surface area contributed by atoms with Gasteiger partial charge >= 0.3 is 0 Å². The lowest BCUT2D eigenvalue weighted by molar-refractivity contribution is -0.121. The molecule has 5 nitrogen and oxygen atoms in total. The van der Waals surface area contributed by atoms with Gasteiger partial charge in [0.15, 0.2) is 0 Å². The molecule has 1 aliphatic heterocycles. The molecule has 0 radical (unpaired) electrons. The normalized spacial score (nSPS) is 14.6. The summed E-state index contributed by atoms with van der Waals surface area (Å²) in [7, 11) is 0. The van der Waals surface area contributed by atoms with Gasteiger partial charge in [-0.05, 0) is 61.9 Å². The molecule has 0 N–H and O–H groups in total. The highest BCUT2D eigenvalue weighted by Gasteiger charge is 2.31. The molecule has 3 aromatic carbocycles. The van der Waals surface area contributed by atoms with E-state index in [-0.39, 0.29) is 5.91 Å². The second kappa shape index (κ2) is 10.5. The van der Waals surface area contributed by atoms with Crippen molar-refractivity contribution in [3.8, 4) is 22.7 Å². The van der Waals surface area contributed by atoms with Gasteiger partial charge in [0.1, 0.15) is 16.7 Å². The maximum absolute atomic E-state index is 12.8. The van der Waals surface area contributed by atoms with E-state index < -0.39 is 0 Å². The number of aryl methyl sites for hydroxylation is 1. The van der Waals surface area contributed by atoms with Crippen LogP contribution in [0, 0.1) is 6.92 Å². The van der Waals surface area contributed by atoms with E-state index in [1.165, 1.54) is 17.3 Å². The molecule has 0 spiro atoms. The van der Waals surface area contributed by atoms with Gasteiger partial charge in [0.25, 0.3) is 5.91 Å². The molecule has 1 aromatic heterocycles. The van der Waals surface area contributed by atoms with E-state index >= 15 is 0 Å². The molecule has 180 valence electrons. The summed E-state index contributed by atoms with van der Waals surface area (Å²) in [5.41, 5.74) is 5.86. The average Bonchev–Trinajstić information content (AvgIpc) is 3.44. The first-order valence-electron chi connectivity index (χ1n) is 11.7. The number of para-hydroxylation sites is 1. The van der Waals surface area contributed by atoms with Crippen LogP contribution in [0.1, 0.15) is 23.6 Å². The third-order valence-corrected chi connectivity index (χ3v) is 7.27.